The monoisotopic (exact) mass is 353 g/mol. The van der Waals surface area contributed by atoms with Crippen molar-refractivity contribution < 1.29 is 9.53 Å². The number of ether oxygens (including phenoxy) is 1. The Hall–Kier alpha value is -2.14. The molecule has 5 heteroatoms. The van der Waals surface area contributed by atoms with Crippen molar-refractivity contribution in [3.8, 4) is 0 Å². The number of hydrogen-bond donors (Lipinski definition) is 2. The third kappa shape index (κ3) is 3.28. The summed E-state index contributed by atoms with van der Waals surface area (Å²) < 4.78 is 6.00. The van der Waals surface area contributed by atoms with E-state index in [1.54, 1.807) is 0 Å². The van der Waals surface area contributed by atoms with Gasteiger partial charge in [-0.2, -0.15) is 0 Å². The van der Waals surface area contributed by atoms with Crippen molar-refractivity contribution in [3.05, 3.63) is 53.1 Å². The number of carbonyl (C=O) groups excluding carboxylic acids is 1. The lowest BCUT2D eigenvalue weighted by molar-refractivity contribution is -0.0827. The van der Waals surface area contributed by atoms with Gasteiger partial charge in [0.1, 0.15) is 11.5 Å². The second-order valence-corrected chi connectivity index (χ2v) is 8.23. The van der Waals surface area contributed by atoms with E-state index in [0.717, 1.165) is 56.8 Å². The van der Waals surface area contributed by atoms with Gasteiger partial charge in [0.05, 0.1) is 5.60 Å². The highest BCUT2D eigenvalue weighted by Crippen LogP contribution is 2.43. The summed E-state index contributed by atoms with van der Waals surface area (Å²) in [5.74, 6) is 0.856. The molecular weight excluding hydrogens is 326 g/mol. The molecule has 1 aromatic heterocycles. The lowest BCUT2D eigenvalue weighted by Gasteiger charge is -2.45. The number of aromatic nitrogens is 2. The number of benzene rings is 1. The number of nitrogens with one attached hydrogen (secondary N) is 2. The van der Waals surface area contributed by atoms with Crippen LogP contribution in [-0.2, 0) is 23.0 Å². The van der Waals surface area contributed by atoms with Crippen molar-refractivity contribution in [2.24, 2.45) is 0 Å². The van der Waals surface area contributed by atoms with E-state index in [1.165, 1.54) is 5.56 Å². The number of H-pyrrole nitrogens is 1. The maximum atomic E-state index is 12.3. The highest BCUT2D eigenvalue weighted by molar-refractivity contribution is 5.93. The number of rotatable bonds is 3. The fourth-order valence-electron chi connectivity index (χ4n) is 4.56. The smallest absolute Gasteiger partial charge is 0.271 e. The van der Waals surface area contributed by atoms with Crippen LogP contribution >= 0.6 is 0 Å². The molecule has 26 heavy (non-hydrogen) atoms. The predicted octanol–water partition coefficient (Wildman–Crippen LogP) is 3.16. The van der Waals surface area contributed by atoms with Crippen molar-refractivity contribution in [1.82, 2.24) is 15.3 Å². The molecule has 0 aliphatic carbocycles. The van der Waals surface area contributed by atoms with Gasteiger partial charge in [-0.05, 0) is 45.1 Å². The summed E-state index contributed by atoms with van der Waals surface area (Å²) >= 11 is 0. The quantitative estimate of drug-likeness (QED) is 0.891. The van der Waals surface area contributed by atoms with Crippen LogP contribution in [0.4, 0.5) is 0 Å². The Bertz CT molecular complexity index is 797. The number of hydrogen-bond acceptors (Lipinski definition) is 3. The van der Waals surface area contributed by atoms with E-state index in [-0.39, 0.29) is 16.9 Å². The van der Waals surface area contributed by atoms with E-state index in [2.05, 4.69) is 54.5 Å². The highest BCUT2D eigenvalue weighted by Gasteiger charge is 2.43. The second-order valence-electron chi connectivity index (χ2n) is 8.23. The van der Waals surface area contributed by atoms with Crippen molar-refractivity contribution >= 4 is 5.91 Å². The second kappa shape index (κ2) is 6.54. The standard InChI is InChI=1S/C21H27N3O2/c1-20(2)14-21(10-12-26-20,15-7-4-3-5-8-15)13-17-23-16-9-6-11-22-19(25)18(16)24-17/h3-5,7-8H,6,9-14H2,1-2H3,(H,22,25)(H,23,24)/t21-/m1/s1. The topological polar surface area (TPSA) is 67.0 Å². The van der Waals surface area contributed by atoms with Gasteiger partial charge in [0, 0.05) is 30.7 Å². The van der Waals surface area contributed by atoms with Gasteiger partial charge in [-0.3, -0.25) is 4.79 Å². The molecule has 1 saturated heterocycles. The Labute approximate surface area is 154 Å². The predicted molar refractivity (Wildman–Crippen MR) is 100 cm³/mol. The van der Waals surface area contributed by atoms with E-state index >= 15 is 0 Å². The molecule has 4 rings (SSSR count). The highest BCUT2D eigenvalue weighted by atomic mass is 16.5. The fraction of sp³-hybridized carbons (Fsp3) is 0.524. The van der Waals surface area contributed by atoms with E-state index in [0.29, 0.717) is 5.69 Å². The maximum absolute atomic E-state index is 12.3. The molecule has 0 radical (unpaired) electrons. The van der Waals surface area contributed by atoms with E-state index in [1.807, 2.05) is 0 Å². The molecule has 2 N–H and O–H groups in total. The molecule has 138 valence electrons. The Balaban J connectivity index is 1.70. The normalized spacial score (nSPS) is 25.2. The molecule has 5 nitrogen and oxygen atoms in total. The Morgan fingerprint density at radius 1 is 1.23 bits per heavy atom. The summed E-state index contributed by atoms with van der Waals surface area (Å²) in [5, 5.41) is 2.93. The van der Waals surface area contributed by atoms with Crippen molar-refractivity contribution in [3.63, 3.8) is 0 Å². The minimum absolute atomic E-state index is 0.0317. The minimum Gasteiger partial charge on any atom is -0.376 e. The van der Waals surface area contributed by atoms with E-state index < -0.39 is 0 Å². The average Bonchev–Trinajstić information content (AvgIpc) is 2.93. The zero-order valence-electron chi connectivity index (χ0n) is 15.6. The molecule has 2 aliphatic heterocycles. The number of carbonyl (C=O) groups is 1. The van der Waals surface area contributed by atoms with Crippen molar-refractivity contribution in [2.75, 3.05) is 13.2 Å². The fourth-order valence-corrected chi connectivity index (χ4v) is 4.56. The largest absolute Gasteiger partial charge is 0.376 e. The van der Waals surface area contributed by atoms with Crippen LogP contribution in [0.1, 0.15) is 60.7 Å². The van der Waals surface area contributed by atoms with Crippen LogP contribution in [0.25, 0.3) is 0 Å². The first-order valence-electron chi connectivity index (χ1n) is 9.53. The molecule has 0 unspecified atom stereocenters. The van der Waals surface area contributed by atoms with Gasteiger partial charge in [0.25, 0.3) is 5.91 Å². The zero-order valence-corrected chi connectivity index (χ0v) is 15.6. The van der Waals surface area contributed by atoms with Crippen molar-refractivity contribution in [1.29, 1.82) is 0 Å². The number of nitrogens with zero attached hydrogens (tertiary/aromatic N) is 1. The first kappa shape index (κ1) is 17.3. The van der Waals surface area contributed by atoms with Crippen LogP contribution < -0.4 is 5.32 Å². The molecule has 0 spiro atoms. The van der Waals surface area contributed by atoms with Crippen LogP contribution in [-0.4, -0.2) is 34.6 Å². The molecule has 1 fully saturated rings. The van der Waals surface area contributed by atoms with Gasteiger partial charge in [-0.25, -0.2) is 4.98 Å². The van der Waals surface area contributed by atoms with Gasteiger partial charge in [-0.15, -0.1) is 0 Å². The van der Waals surface area contributed by atoms with E-state index in [4.69, 9.17) is 9.72 Å². The summed E-state index contributed by atoms with van der Waals surface area (Å²) in [7, 11) is 0. The maximum Gasteiger partial charge on any atom is 0.271 e. The summed E-state index contributed by atoms with van der Waals surface area (Å²) in [5.41, 5.74) is 2.68. The molecule has 1 amide bonds. The number of aryl methyl sites for hydroxylation is 1. The molecule has 0 bridgehead atoms. The van der Waals surface area contributed by atoms with E-state index in [9.17, 15) is 4.79 Å². The Morgan fingerprint density at radius 3 is 2.81 bits per heavy atom. The minimum atomic E-state index is -0.171. The van der Waals surface area contributed by atoms with Crippen LogP contribution in [0, 0.1) is 0 Å². The Kier molecular flexibility index (Phi) is 4.35. The number of amides is 1. The van der Waals surface area contributed by atoms with Gasteiger partial charge < -0.3 is 15.0 Å². The van der Waals surface area contributed by atoms with Gasteiger partial charge >= 0.3 is 0 Å². The third-order valence-corrected chi connectivity index (χ3v) is 5.66. The molecule has 1 atom stereocenters. The summed E-state index contributed by atoms with van der Waals surface area (Å²) in [6.45, 7) is 5.78. The molecule has 1 aromatic carbocycles. The molecule has 0 saturated carbocycles. The van der Waals surface area contributed by atoms with Gasteiger partial charge in [-0.1, -0.05) is 30.3 Å². The Morgan fingerprint density at radius 2 is 2.04 bits per heavy atom. The SMILES string of the molecule is CC1(C)C[C@@](Cc2nc3c([nH]2)CCCNC3=O)(c2ccccc2)CCO1. The molecule has 3 heterocycles. The molecular formula is C21H27N3O2. The number of fused-ring (bicyclic) bond motifs is 1. The van der Waals surface area contributed by atoms with Crippen LogP contribution in [0.3, 0.4) is 0 Å². The zero-order chi connectivity index (χ0) is 18.2. The van der Waals surface area contributed by atoms with Crippen LogP contribution in [0.15, 0.2) is 30.3 Å². The number of imidazole rings is 1. The first-order valence-corrected chi connectivity index (χ1v) is 9.53. The summed E-state index contributed by atoms with van der Waals surface area (Å²) in [6, 6.07) is 10.7. The van der Waals surface area contributed by atoms with Gasteiger partial charge in [0.15, 0.2) is 0 Å². The number of aromatic amines is 1. The van der Waals surface area contributed by atoms with Crippen molar-refractivity contribution in [2.45, 2.75) is 57.0 Å². The molecule has 2 aromatic rings. The summed E-state index contributed by atoms with van der Waals surface area (Å²) in [4.78, 5) is 20.4. The van der Waals surface area contributed by atoms with Crippen LogP contribution in [0.5, 0.6) is 0 Å². The van der Waals surface area contributed by atoms with Crippen LogP contribution in [0.2, 0.25) is 0 Å². The lowest BCUT2D eigenvalue weighted by Crippen LogP contribution is -2.45. The first-order chi connectivity index (χ1) is 12.5. The lowest BCUT2D eigenvalue weighted by atomic mass is 9.67. The molecule has 2 aliphatic rings. The third-order valence-electron chi connectivity index (χ3n) is 5.66. The van der Waals surface area contributed by atoms with Gasteiger partial charge in [0.2, 0.25) is 0 Å². The summed E-state index contributed by atoms with van der Waals surface area (Å²) in [6.07, 6.45) is 4.50. The average molecular weight is 353 g/mol.